The topological polar surface area (TPSA) is 49.3 Å². The van der Waals surface area contributed by atoms with Crippen molar-refractivity contribution in [2.24, 2.45) is 23.7 Å². The van der Waals surface area contributed by atoms with Gasteiger partial charge in [-0.05, 0) is 30.1 Å². The Labute approximate surface area is 163 Å². The molecule has 4 atom stereocenters. The molecule has 0 aliphatic carbocycles. The first kappa shape index (κ1) is 25.4. The fourth-order valence-electron chi connectivity index (χ4n) is 3.56. The van der Waals surface area contributed by atoms with Gasteiger partial charge in [0.1, 0.15) is 6.23 Å². The Morgan fingerprint density at radius 2 is 1.19 bits per heavy atom. The van der Waals surface area contributed by atoms with E-state index in [2.05, 4.69) is 39.9 Å². The minimum absolute atomic E-state index is 0.0219. The molecule has 0 spiro atoms. The lowest BCUT2D eigenvalue weighted by Crippen LogP contribution is -2.34. The zero-order valence-electron chi connectivity index (χ0n) is 18.5. The van der Waals surface area contributed by atoms with E-state index in [1.807, 2.05) is 6.92 Å². The van der Waals surface area contributed by atoms with Crippen LogP contribution in [0.1, 0.15) is 112 Å². The summed E-state index contributed by atoms with van der Waals surface area (Å²) in [6.07, 6.45) is 12.2. The summed E-state index contributed by atoms with van der Waals surface area (Å²) in [6, 6.07) is 0. The van der Waals surface area contributed by atoms with Crippen LogP contribution in [0.5, 0.6) is 0 Å². The maximum atomic E-state index is 11.8. The van der Waals surface area contributed by atoms with Gasteiger partial charge in [0, 0.05) is 6.42 Å². The van der Waals surface area contributed by atoms with E-state index in [4.69, 9.17) is 0 Å². The highest BCUT2D eigenvalue weighted by Gasteiger charge is 2.12. The maximum Gasteiger partial charge on any atom is 0.222 e. The molecule has 156 valence electrons. The SMILES string of the molecule is CCC(O)NC(=O)CC(C)CCCC(C)CCCC(C)CCCC(C)C. The normalized spacial score (nSPS) is 16.3. The Morgan fingerprint density at radius 1 is 0.769 bits per heavy atom. The Kier molecular flexibility index (Phi) is 15.1. The second-order valence-electron chi connectivity index (χ2n) is 9.20. The number of aliphatic hydroxyl groups excluding tert-OH is 1. The Bertz CT molecular complexity index is 343. The molecule has 0 aromatic heterocycles. The minimum atomic E-state index is -0.692. The van der Waals surface area contributed by atoms with E-state index < -0.39 is 6.23 Å². The van der Waals surface area contributed by atoms with Gasteiger partial charge in [0.05, 0.1) is 0 Å². The number of carbonyl (C=O) groups is 1. The van der Waals surface area contributed by atoms with Gasteiger partial charge in [-0.1, -0.05) is 99.3 Å². The lowest BCUT2D eigenvalue weighted by molar-refractivity contribution is -0.124. The molecule has 0 aliphatic heterocycles. The van der Waals surface area contributed by atoms with Gasteiger partial charge in [-0.2, -0.15) is 0 Å². The summed E-state index contributed by atoms with van der Waals surface area (Å²) in [7, 11) is 0. The summed E-state index contributed by atoms with van der Waals surface area (Å²) < 4.78 is 0. The van der Waals surface area contributed by atoms with Gasteiger partial charge in [-0.25, -0.2) is 0 Å². The van der Waals surface area contributed by atoms with Gasteiger partial charge in [0.25, 0.3) is 0 Å². The maximum absolute atomic E-state index is 11.8. The quantitative estimate of drug-likeness (QED) is 0.314. The van der Waals surface area contributed by atoms with E-state index in [-0.39, 0.29) is 5.91 Å². The Hall–Kier alpha value is -0.570. The van der Waals surface area contributed by atoms with Gasteiger partial charge in [-0.15, -0.1) is 0 Å². The monoisotopic (exact) mass is 369 g/mol. The van der Waals surface area contributed by atoms with Crippen LogP contribution in [-0.2, 0) is 4.79 Å². The second kappa shape index (κ2) is 15.5. The van der Waals surface area contributed by atoms with Crippen LogP contribution in [0.15, 0.2) is 0 Å². The summed E-state index contributed by atoms with van der Waals surface area (Å²) in [5.74, 6) is 2.88. The molecule has 4 unspecified atom stereocenters. The van der Waals surface area contributed by atoms with Crippen LogP contribution in [0.2, 0.25) is 0 Å². The van der Waals surface area contributed by atoms with Gasteiger partial charge < -0.3 is 10.4 Å². The molecule has 0 aromatic rings. The molecule has 0 radical (unpaired) electrons. The van der Waals surface area contributed by atoms with Crippen molar-refractivity contribution in [2.45, 2.75) is 118 Å². The lowest BCUT2D eigenvalue weighted by atomic mass is 9.90. The first-order chi connectivity index (χ1) is 12.2. The first-order valence-corrected chi connectivity index (χ1v) is 11.2. The zero-order chi connectivity index (χ0) is 19.9. The van der Waals surface area contributed by atoms with Crippen LogP contribution in [0.25, 0.3) is 0 Å². The van der Waals surface area contributed by atoms with Crippen molar-refractivity contribution >= 4 is 5.91 Å². The van der Waals surface area contributed by atoms with Crippen LogP contribution in [0.3, 0.4) is 0 Å². The van der Waals surface area contributed by atoms with Crippen molar-refractivity contribution in [3.8, 4) is 0 Å². The van der Waals surface area contributed by atoms with E-state index in [9.17, 15) is 9.90 Å². The largest absolute Gasteiger partial charge is 0.374 e. The molecule has 0 saturated heterocycles. The molecule has 0 heterocycles. The molecular formula is C23H47NO2. The van der Waals surface area contributed by atoms with Crippen molar-refractivity contribution in [2.75, 3.05) is 0 Å². The molecule has 0 aromatic carbocycles. The van der Waals surface area contributed by atoms with Gasteiger partial charge in [0.15, 0.2) is 0 Å². The fraction of sp³-hybridized carbons (Fsp3) is 0.957. The van der Waals surface area contributed by atoms with Gasteiger partial charge in [0.2, 0.25) is 5.91 Å². The van der Waals surface area contributed by atoms with Crippen LogP contribution >= 0.6 is 0 Å². The van der Waals surface area contributed by atoms with Gasteiger partial charge in [-0.3, -0.25) is 4.79 Å². The van der Waals surface area contributed by atoms with Crippen molar-refractivity contribution in [3.63, 3.8) is 0 Å². The summed E-state index contributed by atoms with van der Waals surface area (Å²) >= 11 is 0. The van der Waals surface area contributed by atoms with Crippen molar-refractivity contribution in [1.82, 2.24) is 5.32 Å². The highest BCUT2D eigenvalue weighted by Crippen LogP contribution is 2.22. The number of nitrogens with one attached hydrogen (secondary N) is 1. The van der Waals surface area contributed by atoms with Crippen LogP contribution < -0.4 is 5.32 Å². The third kappa shape index (κ3) is 15.7. The van der Waals surface area contributed by atoms with Crippen molar-refractivity contribution in [3.05, 3.63) is 0 Å². The average Bonchev–Trinajstić information content (AvgIpc) is 2.54. The third-order valence-electron chi connectivity index (χ3n) is 5.51. The third-order valence-corrected chi connectivity index (χ3v) is 5.51. The number of hydrogen-bond acceptors (Lipinski definition) is 2. The standard InChI is InChI=1S/C23H47NO2/c1-7-22(25)24-23(26)17-21(6)16-10-15-20(5)14-9-13-19(4)12-8-11-18(2)3/h18-22,25H,7-17H2,1-6H3,(H,24,26). The number of hydrogen-bond donors (Lipinski definition) is 2. The van der Waals surface area contributed by atoms with E-state index in [1.165, 1.54) is 51.4 Å². The van der Waals surface area contributed by atoms with Crippen molar-refractivity contribution in [1.29, 1.82) is 0 Å². The molecule has 0 bridgehead atoms. The molecule has 26 heavy (non-hydrogen) atoms. The highest BCUT2D eigenvalue weighted by molar-refractivity contribution is 5.76. The molecule has 3 heteroatoms. The molecule has 0 rings (SSSR count). The summed E-state index contributed by atoms with van der Waals surface area (Å²) in [6.45, 7) is 13.4. The Morgan fingerprint density at radius 3 is 1.62 bits per heavy atom. The fourth-order valence-corrected chi connectivity index (χ4v) is 3.56. The number of rotatable bonds is 16. The number of aliphatic hydroxyl groups is 1. The number of amides is 1. The molecule has 0 saturated carbocycles. The minimum Gasteiger partial charge on any atom is -0.374 e. The molecule has 3 nitrogen and oxygen atoms in total. The Balaban J connectivity index is 3.66. The van der Waals surface area contributed by atoms with E-state index >= 15 is 0 Å². The van der Waals surface area contributed by atoms with Crippen LogP contribution in [0.4, 0.5) is 0 Å². The highest BCUT2D eigenvalue weighted by atomic mass is 16.3. The first-order valence-electron chi connectivity index (χ1n) is 11.2. The van der Waals surface area contributed by atoms with Crippen LogP contribution in [-0.4, -0.2) is 17.2 Å². The van der Waals surface area contributed by atoms with Crippen molar-refractivity contribution < 1.29 is 9.90 Å². The van der Waals surface area contributed by atoms with E-state index in [0.717, 1.165) is 24.2 Å². The number of carbonyl (C=O) groups excluding carboxylic acids is 1. The smallest absolute Gasteiger partial charge is 0.222 e. The zero-order valence-corrected chi connectivity index (χ0v) is 18.5. The molecule has 0 fully saturated rings. The van der Waals surface area contributed by atoms with E-state index in [1.54, 1.807) is 0 Å². The lowest BCUT2D eigenvalue weighted by Gasteiger charge is -2.17. The molecule has 2 N–H and O–H groups in total. The summed E-state index contributed by atoms with van der Waals surface area (Å²) in [4.78, 5) is 11.8. The average molecular weight is 370 g/mol. The van der Waals surface area contributed by atoms with Crippen LogP contribution in [0, 0.1) is 23.7 Å². The summed E-state index contributed by atoms with van der Waals surface area (Å²) in [5, 5.41) is 12.1. The second-order valence-corrected chi connectivity index (χ2v) is 9.20. The van der Waals surface area contributed by atoms with E-state index in [0.29, 0.717) is 18.8 Å². The predicted molar refractivity (Wildman–Crippen MR) is 113 cm³/mol. The molecule has 1 amide bonds. The molecular weight excluding hydrogens is 322 g/mol. The predicted octanol–water partition coefficient (Wildman–Crippen LogP) is 6.30. The molecule has 0 aliphatic rings. The van der Waals surface area contributed by atoms with Gasteiger partial charge >= 0.3 is 0 Å². The summed E-state index contributed by atoms with van der Waals surface area (Å²) in [5.41, 5.74) is 0.